The topological polar surface area (TPSA) is 142 Å². The van der Waals surface area contributed by atoms with Gasteiger partial charge in [-0.1, -0.05) is 29.1 Å². The molecule has 0 fully saturated rings. The number of sulfonamides is 1. The molecule has 0 saturated carbocycles. The predicted molar refractivity (Wildman–Crippen MR) is 120 cm³/mol. The highest BCUT2D eigenvalue weighted by Gasteiger charge is 2.22. The van der Waals surface area contributed by atoms with Crippen molar-refractivity contribution in [2.75, 3.05) is 39.4 Å². The van der Waals surface area contributed by atoms with Crippen molar-refractivity contribution >= 4 is 33.5 Å². The van der Waals surface area contributed by atoms with Gasteiger partial charge in [-0.2, -0.15) is 0 Å². The summed E-state index contributed by atoms with van der Waals surface area (Å²) in [7, 11) is 2.29. The van der Waals surface area contributed by atoms with Crippen LogP contribution < -0.4 is 5.32 Å². The molecule has 3 rings (SSSR count). The molecule has 1 amide bonds. The maximum Gasteiger partial charge on any atom is 0.242 e. The Kier molecular flexibility index (Phi) is 8.20. The van der Waals surface area contributed by atoms with Gasteiger partial charge in [0.15, 0.2) is 23.1 Å². The first-order chi connectivity index (χ1) is 15.8. The number of anilines is 1. The van der Waals surface area contributed by atoms with E-state index in [4.69, 9.17) is 14.0 Å². The number of hydrogen-bond donors (Lipinski definition) is 1. The van der Waals surface area contributed by atoms with Gasteiger partial charge in [-0.25, -0.2) is 12.7 Å². The van der Waals surface area contributed by atoms with Crippen LogP contribution in [0.4, 0.5) is 5.82 Å². The summed E-state index contributed by atoms with van der Waals surface area (Å²) in [4.78, 5) is 12.4. The summed E-state index contributed by atoms with van der Waals surface area (Å²) in [5, 5.41) is 15.1. The van der Waals surface area contributed by atoms with E-state index >= 15 is 0 Å². The van der Waals surface area contributed by atoms with Crippen LogP contribution in [0.3, 0.4) is 0 Å². The van der Waals surface area contributed by atoms with E-state index in [0.717, 1.165) is 16.1 Å². The zero-order valence-corrected chi connectivity index (χ0v) is 20.1. The normalized spacial score (nSPS) is 11.9. The molecule has 0 aliphatic rings. The van der Waals surface area contributed by atoms with Gasteiger partial charge in [-0.3, -0.25) is 9.36 Å². The predicted octanol–water partition coefficient (Wildman–Crippen LogP) is 1.53. The Labute approximate surface area is 195 Å². The molecule has 33 heavy (non-hydrogen) atoms. The minimum Gasteiger partial charge on any atom is -0.363 e. The number of benzene rings is 1. The number of carbonyl (C=O) groups excluding carboxylic acids is 1. The second-order valence-corrected chi connectivity index (χ2v) is 9.95. The monoisotopic (exact) mass is 496 g/mol. The molecule has 0 atom stereocenters. The first kappa shape index (κ1) is 24.9. The van der Waals surface area contributed by atoms with Gasteiger partial charge in [0.1, 0.15) is 6.26 Å². The van der Waals surface area contributed by atoms with Crippen LogP contribution in [0.5, 0.6) is 0 Å². The van der Waals surface area contributed by atoms with Gasteiger partial charge in [0.25, 0.3) is 0 Å². The van der Waals surface area contributed by atoms with Crippen molar-refractivity contribution in [1.82, 2.24) is 24.2 Å². The van der Waals surface area contributed by atoms with Gasteiger partial charge in [0.05, 0.1) is 17.2 Å². The summed E-state index contributed by atoms with van der Waals surface area (Å²) < 4.78 is 43.3. The third-order valence-electron chi connectivity index (χ3n) is 4.48. The molecular formula is C19H24N6O6S2. The van der Waals surface area contributed by atoms with Crippen molar-refractivity contribution < 1.29 is 27.2 Å². The van der Waals surface area contributed by atoms with E-state index in [0.29, 0.717) is 22.4 Å². The lowest BCUT2D eigenvalue weighted by atomic mass is 10.2. The number of carbonyl (C=O) groups is 1. The number of methoxy groups -OCH3 is 2. The Morgan fingerprint density at radius 1 is 1.24 bits per heavy atom. The quantitative estimate of drug-likeness (QED) is 0.307. The number of nitrogens with one attached hydrogen (secondary N) is 1. The van der Waals surface area contributed by atoms with E-state index in [1.165, 1.54) is 52.8 Å². The molecule has 1 aromatic carbocycles. The van der Waals surface area contributed by atoms with Gasteiger partial charge in [-0.15, -0.1) is 10.2 Å². The van der Waals surface area contributed by atoms with Gasteiger partial charge in [-0.05, 0) is 12.1 Å². The third-order valence-corrected chi connectivity index (χ3v) is 7.26. The molecule has 0 bridgehead atoms. The molecule has 2 aromatic heterocycles. The molecule has 0 saturated heterocycles. The highest BCUT2D eigenvalue weighted by atomic mass is 32.2. The van der Waals surface area contributed by atoms with Crippen molar-refractivity contribution in [2.24, 2.45) is 0 Å². The summed E-state index contributed by atoms with van der Waals surface area (Å²) in [6.45, 7) is 0.216. The molecule has 12 nitrogen and oxygen atoms in total. The van der Waals surface area contributed by atoms with Crippen LogP contribution in [0, 0.1) is 0 Å². The van der Waals surface area contributed by atoms with Gasteiger partial charge in [0, 0.05) is 39.9 Å². The first-order valence-corrected chi connectivity index (χ1v) is 12.0. The summed E-state index contributed by atoms with van der Waals surface area (Å²) in [6.07, 6.45) is 0.739. The van der Waals surface area contributed by atoms with Gasteiger partial charge in [0.2, 0.25) is 15.9 Å². The maximum atomic E-state index is 12.6. The second kappa shape index (κ2) is 10.9. The zero-order valence-electron chi connectivity index (χ0n) is 18.5. The van der Waals surface area contributed by atoms with E-state index in [2.05, 4.69) is 20.7 Å². The van der Waals surface area contributed by atoms with Crippen molar-refractivity contribution in [3.05, 3.63) is 36.6 Å². The van der Waals surface area contributed by atoms with Crippen molar-refractivity contribution in [3.8, 4) is 11.4 Å². The van der Waals surface area contributed by atoms with Crippen LogP contribution in [0.15, 0.2) is 51.2 Å². The third kappa shape index (κ3) is 5.97. The highest BCUT2D eigenvalue weighted by molar-refractivity contribution is 7.99. The lowest BCUT2D eigenvalue weighted by Crippen LogP contribution is -2.23. The molecule has 0 aliphatic carbocycles. The molecule has 0 aliphatic heterocycles. The molecule has 0 radical (unpaired) electrons. The Balaban J connectivity index is 1.90. The Bertz CT molecular complexity index is 1180. The number of hydrogen-bond acceptors (Lipinski definition) is 10. The fourth-order valence-corrected chi connectivity index (χ4v) is 4.46. The molecular weight excluding hydrogens is 472 g/mol. The Hall–Kier alpha value is -2.78. The van der Waals surface area contributed by atoms with E-state index < -0.39 is 16.3 Å². The number of nitrogens with zero attached hydrogens (tertiary/aromatic N) is 5. The molecule has 1 N–H and O–H groups in total. The van der Waals surface area contributed by atoms with Crippen molar-refractivity contribution in [3.63, 3.8) is 0 Å². The largest absolute Gasteiger partial charge is 0.363 e. The number of ether oxygens (including phenoxy) is 2. The lowest BCUT2D eigenvalue weighted by Gasteiger charge is -2.17. The molecule has 2 heterocycles. The van der Waals surface area contributed by atoms with E-state index in [-0.39, 0.29) is 23.1 Å². The second-order valence-electron chi connectivity index (χ2n) is 6.85. The summed E-state index contributed by atoms with van der Waals surface area (Å²) in [5.74, 6) is 0.439. The van der Waals surface area contributed by atoms with Crippen LogP contribution in [-0.2, 0) is 30.8 Å². The molecule has 178 valence electrons. The van der Waals surface area contributed by atoms with E-state index in [1.54, 1.807) is 16.7 Å². The maximum absolute atomic E-state index is 12.6. The van der Waals surface area contributed by atoms with Gasteiger partial charge >= 0.3 is 0 Å². The van der Waals surface area contributed by atoms with Crippen LogP contribution in [0.2, 0.25) is 0 Å². The summed E-state index contributed by atoms with van der Waals surface area (Å²) in [5.41, 5.74) is 0.537. The average molecular weight is 497 g/mol. The minimum atomic E-state index is -3.64. The van der Waals surface area contributed by atoms with E-state index in [9.17, 15) is 13.2 Å². The van der Waals surface area contributed by atoms with Crippen LogP contribution >= 0.6 is 11.8 Å². The minimum absolute atomic E-state index is 0.0324. The van der Waals surface area contributed by atoms with Gasteiger partial charge < -0.3 is 19.3 Å². The standard InChI is InChI=1S/C19H24N6O6S2/c1-24(2)33(27,28)14-7-5-6-13(10-14)18-21-22-19(25(18)11-17(29-3)30-4)32-12-16(26)20-15-8-9-31-23-15/h5-10,17H,11-12H2,1-4H3,(H,20,23,26). The lowest BCUT2D eigenvalue weighted by molar-refractivity contribution is -0.113. The average Bonchev–Trinajstić information content (AvgIpc) is 3.45. The number of amides is 1. The van der Waals surface area contributed by atoms with Crippen LogP contribution in [-0.4, -0.2) is 78.9 Å². The van der Waals surface area contributed by atoms with E-state index in [1.807, 2.05) is 0 Å². The fraction of sp³-hybridized carbons (Fsp3) is 0.368. The number of rotatable bonds is 11. The van der Waals surface area contributed by atoms with Crippen molar-refractivity contribution in [1.29, 1.82) is 0 Å². The molecule has 3 aromatic rings. The Morgan fingerprint density at radius 2 is 2.00 bits per heavy atom. The number of thioether (sulfide) groups is 1. The zero-order chi connectivity index (χ0) is 24.0. The SMILES string of the molecule is COC(Cn1c(SCC(=O)Nc2ccon2)nnc1-c1cccc(S(=O)(=O)N(C)C)c1)OC. The summed E-state index contributed by atoms with van der Waals surface area (Å²) in [6, 6.07) is 7.93. The molecule has 14 heteroatoms. The number of aromatic nitrogens is 4. The summed E-state index contributed by atoms with van der Waals surface area (Å²) >= 11 is 1.15. The Morgan fingerprint density at radius 3 is 2.64 bits per heavy atom. The fourth-order valence-electron chi connectivity index (χ4n) is 2.76. The van der Waals surface area contributed by atoms with Crippen LogP contribution in [0.25, 0.3) is 11.4 Å². The van der Waals surface area contributed by atoms with Crippen LogP contribution in [0.1, 0.15) is 0 Å². The molecule has 0 spiro atoms. The smallest absolute Gasteiger partial charge is 0.242 e. The van der Waals surface area contributed by atoms with Crippen molar-refractivity contribution in [2.45, 2.75) is 22.9 Å². The molecule has 0 unspecified atom stereocenters. The highest BCUT2D eigenvalue weighted by Crippen LogP contribution is 2.27. The first-order valence-electron chi connectivity index (χ1n) is 9.61.